The van der Waals surface area contributed by atoms with Gasteiger partial charge in [0.2, 0.25) is 0 Å². The minimum absolute atomic E-state index is 0.00301. The fourth-order valence-electron chi connectivity index (χ4n) is 3.49. The number of piperidine rings is 1. The van der Waals surface area contributed by atoms with Crippen LogP contribution in [0.1, 0.15) is 29.4 Å². The van der Waals surface area contributed by atoms with Gasteiger partial charge >= 0.3 is 0 Å². The summed E-state index contributed by atoms with van der Waals surface area (Å²) in [5.74, 6) is -0.0215. The molecule has 0 unspecified atom stereocenters. The van der Waals surface area contributed by atoms with Crippen LogP contribution in [0.25, 0.3) is 11.3 Å². The number of hydrogen-bond acceptors (Lipinski definition) is 4. The van der Waals surface area contributed by atoms with E-state index in [1.807, 2.05) is 42.3 Å². The number of aromatic nitrogens is 4. The van der Waals surface area contributed by atoms with Crippen molar-refractivity contribution in [1.29, 1.82) is 0 Å². The predicted molar refractivity (Wildman–Crippen MR) is 101 cm³/mol. The molecule has 0 radical (unpaired) electrons. The summed E-state index contributed by atoms with van der Waals surface area (Å²) in [6.07, 6.45) is 4.62. The number of rotatable bonds is 3. The highest BCUT2D eigenvalue weighted by atomic mass is 16.2. The zero-order valence-corrected chi connectivity index (χ0v) is 15.2. The number of likely N-dealkylation sites (tertiary alicyclic amines) is 1. The van der Waals surface area contributed by atoms with Gasteiger partial charge in [-0.25, -0.2) is 9.67 Å². The molecule has 1 amide bonds. The highest BCUT2D eigenvalue weighted by Crippen LogP contribution is 2.23. The minimum Gasteiger partial charge on any atom is -0.337 e. The molecule has 1 aliphatic heterocycles. The van der Waals surface area contributed by atoms with Crippen LogP contribution in [-0.2, 0) is 7.05 Å². The zero-order valence-electron chi connectivity index (χ0n) is 15.2. The normalized spacial score (nSPS) is 15.1. The summed E-state index contributed by atoms with van der Waals surface area (Å²) in [6.45, 7) is 1.19. The van der Waals surface area contributed by atoms with E-state index in [1.54, 1.807) is 33.9 Å². The number of benzene rings is 1. The van der Waals surface area contributed by atoms with Crippen molar-refractivity contribution in [3.05, 3.63) is 71.0 Å². The van der Waals surface area contributed by atoms with Gasteiger partial charge in [0.05, 0.1) is 24.3 Å². The van der Waals surface area contributed by atoms with E-state index in [4.69, 9.17) is 0 Å². The van der Waals surface area contributed by atoms with Crippen LogP contribution >= 0.6 is 0 Å². The molecule has 2 aromatic heterocycles. The molecular formula is C20H21N5O2. The van der Waals surface area contributed by atoms with E-state index in [9.17, 15) is 9.59 Å². The Balaban J connectivity index is 1.51. The fraction of sp³-hybridized carbons (Fsp3) is 0.300. The van der Waals surface area contributed by atoms with Gasteiger partial charge in [-0.15, -0.1) is 0 Å². The van der Waals surface area contributed by atoms with Gasteiger partial charge in [0.1, 0.15) is 5.69 Å². The van der Waals surface area contributed by atoms with E-state index >= 15 is 0 Å². The molecule has 0 N–H and O–H groups in total. The lowest BCUT2D eigenvalue weighted by Crippen LogP contribution is -2.41. The molecule has 1 aliphatic rings. The van der Waals surface area contributed by atoms with Crippen molar-refractivity contribution in [2.45, 2.75) is 18.9 Å². The van der Waals surface area contributed by atoms with Crippen LogP contribution in [0.2, 0.25) is 0 Å². The second kappa shape index (κ2) is 7.19. The molecule has 7 nitrogen and oxygen atoms in total. The van der Waals surface area contributed by atoms with Crippen LogP contribution in [0.3, 0.4) is 0 Å². The largest absolute Gasteiger partial charge is 0.337 e. The van der Waals surface area contributed by atoms with Crippen LogP contribution in [0.5, 0.6) is 0 Å². The van der Waals surface area contributed by atoms with Crippen LogP contribution < -0.4 is 5.56 Å². The molecular weight excluding hydrogens is 342 g/mol. The van der Waals surface area contributed by atoms with Crippen molar-refractivity contribution in [3.63, 3.8) is 0 Å². The van der Waals surface area contributed by atoms with Crippen LogP contribution in [0.4, 0.5) is 0 Å². The Morgan fingerprint density at radius 2 is 1.81 bits per heavy atom. The summed E-state index contributed by atoms with van der Waals surface area (Å²) in [7, 11) is 1.81. The summed E-state index contributed by atoms with van der Waals surface area (Å²) >= 11 is 0. The van der Waals surface area contributed by atoms with Gasteiger partial charge in [0, 0.05) is 31.8 Å². The van der Waals surface area contributed by atoms with Crippen molar-refractivity contribution in [2.24, 2.45) is 7.05 Å². The van der Waals surface area contributed by atoms with Crippen molar-refractivity contribution < 1.29 is 4.79 Å². The Morgan fingerprint density at radius 3 is 2.48 bits per heavy atom. The molecule has 27 heavy (non-hydrogen) atoms. The molecule has 3 aromatic rings. The molecule has 0 atom stereocenters. The molecule has 138 valence electrons. The number of carbonyl (C=O) groups excluding carboxylic acids is 1. The quantitative estimate of drug-likeness (QED) is 0.714. The summed E-state index contributed by atoms with van der Waals surface area (Å²) in [5, 5.41) is 4.59. The molecule has 0 saturated carbocycles. The molecule has 7 heteroatoms. The summed E-state index contributed by atoms with van der Waals surface area (Å²) in [5.41, 5.74) is 2.24. The zero-order chi connectivity index (χ0) is 18.8. The third-order valence-corrected chi connectivity index (χ3v) is 5.03. The highest BCUT2D eigenvalue weighted by Gasteiger charge is 2.27. The molecule has 0 bridgehead atoms. The lowest BCUT2D eigenvalue weighted by molar-refractivity contribution is 0.0678. The lowest BCUT2D eigenvalue weighted by atomic mass is 10.0. The molecule has 1 fully saturated rings. The van der Waals surface area contributed by atoms with Gasteiger partial charge < -0.3 is 9.47 Å². The van der Waals surface area contributed by atoms with Crippen molar-refractivity contribution >= 4 is 5.91 Å². The predicted octanol–water partition coefficient (Wildman–Crippen LogP) is 2.12. The van der Waals surface area contributed by atoms with Crippen molar-refractivity contribution in [2.75, 3.05) is 13.1 Å². The molecule has 0 spiro atoms. The summed E-state index contributed by atoms with van der Waals surface area (Å²) < 4.78 is 3.30. The van der Waals surface area contributed by atoms with Gasteiger partial charge in [-0.3, -0.25) is 9.59 Å². The Bertz CT molecular complexity index is 1000. The second-order valence-electron chi connectivity index (χ2n) is 6.78. The summed E-state index contributed by atoms with van der Waals surface area (Å²) in [4.78, 5) is 30.8. The topological polar surface area (TPSA) is 73.0 Å². The Kier molecular flexibility index (Phi) is 4.58. The monoisotopic (exact) mass is 363 g/mol. The first-order chi connectivity index (χ1) is 13.1. The Labute approximate surface area is 156 Å². The average Bonchev–Trinajstić information content (AvgIpc) is 3.14. The van der Waals surface area contributed by atoms with Crippen LogP contribution in [-0.4, -0.2) is 43.2 Å². The van der Waals surface area contributed by atoms with Crippen molar-refractivity contribution in [1.82, 2.24) is 24.2 Å². The Morgan fingerprint density at radius 1 is 1.07 bits per heavy atom. The maximum Gasteiger partial charge on any atom is 0.272 e. The van der Waals surface area contributed by atoms with Crippen LogP contribution in [0, 0.1) is 0 Å². The number of carbonyl (C=O) groups is 1. The second-order valence-corrected chi connectivity index (χ2v) is 6.78. The smallest absolute Gasteiger partial charge is 0.272 e. The fourth-order valence-corrected chi connectivity index (χ4v) is 3.49. The van der Waals surface area contributed by atoms with Crippen LogP contribution in [0.15, 0.2) is 59.8 Å². The van der Waals surface area contributed by atoms with E-state index < -0.39 is 0 Å². The molecule has 1 saturated heterocycles. The van der Waals surface area contributed by atoms with E-state index in [1.165, 1.54) is 0 Å². The third kappa shape index (κ3) is 3.40. The minimum atomic E-state index is -0.105. The lowest BCUT2D eigenvalue weighted by Gasteiger charge is -2.32. The first kappa shape index (κ1) is 17.2. The number of imidazole rings is 1. The van der Waals surface area contributed by atoms with E-state index in [-0.39, 0.29) is 17.5 Å². The summed E-state index contributed by atoms with van der Waals surface area (Å²) in [6, 6.07) is 13.1. The number of hydrogen-bond donors (Lipinski definition) is 0. The first-order valence-electron chi connectivity index (χ1n) is 9.04. The molecule has 1 aromatic carbocycles. The maximum absolute atomic E-state index is 12.6. The molecule has 0 aliphatic carbocycles. The van der Waals surface area contributed by atoms with Gasteiger partial charge in [-0.2, -0.15) is 5.10 Å². The number of amides is 1. The van der Waals surface area contributed by atoms with Gasteiger partial charge in [-0.05, 0) is 18.9 Å². The average molecular weight is 363 g/mol. The third-order valence-electron chi connectivity index (χ3n) is 5.03. The Hall–Kier alpha value is -3.22. The molecule has 4 rings (SSSR count). The van der Waals surface area contributed by atoms with Gasteiger partial charge in [-0.1, -0.05) is 30.3 Å². The standard InChI is InChI=1S/C20H21N5O2/c1-23-14-21-13-18(23)20(27)24-11-9-16(10-12-24)25-19(26)8-7-17(22-25)15-5-3-2-4-6-15/h2-8,13-14,16H,9-12H2,1H3. The maximum atomic E-state index is 12.6. The number of nitrogens with zero attached hydrogens (tertiary/aromatic N) is 5. The van der Waals surface area contributed by atoms with E-state index in [0.29, 0.717) is 31.6 Å². The van der Waals surface area contributed by atoms with E-state index in [2.05, 4.69) is 10.1 Å². The van der Waals surface area contributed by atoms with Crippen molar-refractivity contribution in [3.8, 4) is 11.3 Å². The van der Waals surface area contributed by atoms with Gasteiger partial charge in [0.15, 0.2) is 0 Å². The number of aryl methyl sites for hydroxylation is 1. The molecule has 3 heterocycles. The first-order valence-corrected chi connectivity index (χ1v) is 9.04. The van der Waals surface area contributed by atoms with E-state index in [0.717, 1.165) is 11.3 Å². The highest BCUT2D eigenvalue weighted by molar-refractivity contribution is 5.92. The van der Waals surface area contributed by atoms with Gasteiger partial charge in [0.25, 0.3) is 11.5 Å². The SMILES string of the molecule is Cn1cncc1C(=O)N1CCC(n2nc(-c3ccccc3)ccc2=O)CC1.